The molecule has 0 aliphatic carbocycles. The quantitative estimate of drug-likeness (QED) is 0.838. The van der Waals surface area contributed by atoms with Gasteiger partial charge in [0.2, 0.25) is 0 Å². The minimum Gasteiger partial charge on any atom is -0.480 e. The molecule has 0 saturated heterocycles. The van der Waals surface area contributed by atoms with Crippen LogP contribution >= 0.6 is 23.2 Å². The van der Waals surface area contributed by atoms with Gasteiger partial charge in [0.15, 0.2) is 11.9 Å². The van der Waals surface area contributed by atoms with Crippen LogP contribution in [0, 0.1) is 0 Å². The summed E-state index contributed by atoms with van der Waals surface area (Å²) in [6.07, 6.45) is -0.153. The molecule has 2 rings (SSSR count). The highest BCUT2D eigenvalue weighted by Gasteiger charge is 2.22. The molecule has 1 unspecified atom stereocenters. The Balaban J connectivity index is 0.000000861. The lowest BCUT2D eigenvalue weighted by atomic mass is 10.3. The summed E-state index contributed by atoms with van der Waals surface area (Å²) in [4.78, 5) is 6.48. The van der Waals surface area contributed by atoms with Gasteiger partial charge in [-0.05, 0) is 19.1 Å². The summed E-state index contributed by atoms with van der Waals surface area (Å²) in [7, 11) is 2.00. The maximum Gasteiger partial charge on any atom is 0.157 e. The first kappa shape index (κ1) is 16.1. The number of benzene rings is 1. The fourth-order valence-corrected chi connectivity index (χ4v) is 2.30. The third-order valence-corrected chi connectivity index (χ3v) is 3.27. The molecule has 0 aromatic heterocycles. The SMILES string of the molecule is CC.CC(Oc1c(Cl)cccc1Cl)C1=NCCN1C. The van der Waals surface area contributed by atoms with Crippen LogP contribution < -0.4 is 4.74 Å². The molecule has 0 spiro atoms. The molecule has 0 saturated carbocycles. The first-order chi connectivity index (χ1) is 9.09. The average Bonchev–Trinajstić information content (AvgIpc) is 2.83. The zero-order chi connectivity index (χ0) is 14.4. The number of nitrogens with zero attached hydrogens (tertiary/aromatic N) is 2. The first-order valence-corrected chi connectivity index (χ1v) is 7.21. The standard InChI is InChI=1S/C12H14Cl2N2O.C2H6/c1-8(12-15-6-7-16(12)2)17-11-9(13)4-3-5-10(11)14;1-2/h3-5,8H,6-7H2,1-2H3;1-2H3. The summed E-state index contributed by atoms with van der Waals surface area (Å²) in [6.45, 7) is 7.69. The minimum atomic E-state index is -0.153. The lowest BCUT2D eigenvalue weighted by Gasteiger charge is -2.22. The summed E-state index contributed by atoms with van der Waals surface area (Å²) in [6, 6.07) is 5.31. The Morgan fingerprint density at radius 2 is 1.84 bits per heavy atom. The molecule has 1 aliphatic heterocycles. The molecule has 0 N–H and O–H groups in total. The third-order valence-electron chi connectivity index (χ3n) is 2.68. The van der Waals surface area contributed by atoms with E-state index in [2.05, 4.69) is 9.89 Å². The van der Waals surface area contributed by atoms with Crippen LogP contribution in [-0.2, 0) is 0 Å². The van der Waals surface area contributed by atoms with Crippen LogP contribution in [0.1, 0.15) is 20.8 Å². The van der Waals surface area contributed by atoms with Crippen molar-refractivity contribution in [3.8, 4) is 5.75 Å². The summed E-state index contributed by atoms with van der Waals surface area (Å²) in [5.41, 5.74) is 0. The van der Waals surface area contributed by atoms with E-state index < -0.39 is 0 Å². The molecule has 0 fully saturated rings. The minimum absolute atomic E-state index is 0.153. The number of aliphatic imine (C=N–C) groups is 1. The number of amidine groups is 1. The van der Waals surface area contributed by atoms with E-state index in [9.17, 15) is 0 Å². The molecule has 19 heavy (non-hydrogen) atoms. The summed E-state index contributed by atoms with van der Waals surface area (Å²) in [5, 5.41) is 1.04. The Labute approximate surface area is 125 Å². The monoisotopic (exact) mass is 302 g/mol. The van der Waals surface area contributed by atoms with Crippen LogP contribution in [0.5, 0.6) is 5.75 Å². The Morgan fingerprint density at radius 3 is 2.32 bits per heavy atom. The molecule has 1 aliphatic rings. The van der Waals surface area contributed by atoms with E-state index in [1.165, 1.54) is 0 Å². The van der Waals surface area contributed by atoms with Gasteiger partial charge in [-0.15, -0.1) is 0 Å². The van der Waals surface area contributed by atoms with Gasteiger partial charge in [0, 0.05) is 13.6 Å². The van der Waals surface area contributed by atoms with Crippen LogP contribution in [0.15, 0.2) is 23.2 Å². The van der Waals surface area contributed by atoms with Crippen molar-refractivity contribution in [2.24, 2.45) is 4.99 Å². The molecule has 1 aromatic carbocycles. The number of rotatable bonds is 3. The van der Waals surface area contributed by atoms with E-state index in [0.29, 0.717) is 15.8 Å². The van der Waals surface area contributed by atoms with Crippen molar-refractivity contribution < 1.29 is 4.74 Å². The van der Waals surface area contributed by atoms with E-state index >= 15 is 0 Å². The van der Waals surface area contributed by atoms with Crippen molar-refractivity contribution in [2.75, 3.05) is 20.1 Å². The molecular weight excluding hydrogens is 283 g/mol. The van der Waals surface area contributed by atoms with Gasteiger partial charge in [-0.3, -0.25) is 4.99 Å². The van der Waals surface area contributed by atoms with Gasteiger partial charge >= 0.3 is 0 Å². The van der Waals surface area contributed by atoms with E-state index in [1.807, 2.05) is 27.8 Å². The molecule has 1 heterocycles. The van der Waals surface area contributed by atoms with Gasteiger partial charge in [-0.1, -0.05) is 43.1 Å². The van der Waals surface area contributed by atoms with Gasteiger partial charge in [0.25, 0.3) is 0 Å². The third kappa shape index (κ3) is 4.02. The molecule has 1 atom stereocenters. The smallest absolute Gasteiger partial charge is 0.157 e. The normalized spacial score (nSPS) is 15.5. The van der Waals surface area contributed by atoms with E-state index in [0.717, 1.165) is 18.9 Å². The number of ether oxygens (including phenoxy) is 1. The van der Waals surface area contributed by atoms with Crippen LogP contribution in [-0.4, -0.2) is 37.0 Å². The predicted octanol–water partition coefficient (Wildman–Crippen LogP) is 4.13. The van der Waals surface area contributed by atoms with Gasteiger partial charge in [0.05, 0.1) is 16.6 Å². The molecule has 5 heteroatoms. The molecule has 0 bridgehead atoms. The summed E-state index contributed by atoms with van der Waals surface area (Å²) in [5.74, 6) is 1.45. The van der Waals surface area contributed by atoms with Crippen molar-refractivity contribution >= 4 is 29.0 Å². The lowest BCUT2D eigenvalue weighted by Crippen LogP contribution is -2.35. The van der Waals surface area contributed by atoms with Crippen molar-refractivity contribution in [3.05, 3.63) is 28.2 Å². The second-order valence-corrected chi connectivity index (χ2v) is 4.79. The van der Waals surface area contributed by atoms with Crippen LogP contribution in [0.2, 0.25) is 10.0 Å². The van der Waals surface area contributed by atoms with Crippen molar-refractivity contribution in [1.29, 1.82) is 0 Å². The van der Waals surface area contributed by atoms with Gasteiger partial charge in [0.1, 0.15) is 5.84 Å². The molecular formula is C14H20Cl2N2O. The number of likely N-dealkylation sites (N-methyl/N-ethyl adjacent to an activating group) is 1. The summed E-state index contributed by atoms with van der Waals surface area (Å²) < 4.78 is 5.79. The molecule has 1 aromatic rings. The van der Waals surface area contributed by atoms with Gasteiger partial charge < -0.3 is 9.64 Å². The number of hydrogen-bond donors (Lipinski definition) is 0. The first-order valence-electron chi connectivity index (χ1n) is 6.45. The fraction of sp³-hybridized carbons (Fsp3) is 0.500. The van der Waals surface area contributed by atoms with Crippen LogP contribution in [0.3, 0.4) is 0 Å². The Bertz CT molecular complexity index is 429. The topological polar surface area (TPSA) is 24.8 Å². The number of halogens is 2. The highest BCUT2D eigenvalue weighted by Crippen LogP contribution is 2.33. The fourth-order valence-electron chi connectivity index (χ4n) is 1.81. The largest absolute Gasteiger partial charge is 0.480 e. The van der Waals surface area contributed by atoms with Crippen LogP contribution in [0.4, 0.5) is 0 Å². The second kappa shape index (κ2) is 7.61. The maximum absolute atomic E-state index is 6.05. The average molecular weight is 303 g/mol. The van der Waals surface area contributed by atoms with Gasteiger partial charge in [-0.25, -0.2) is 0 Å². The highest BCUT2D eigenvalue weighted by molar-refractivity contribution is 6.37. The van der Waals surface area contributed by atoms with E-state index in [-0.39, 0.29) is 6.10 Å². The predicted molar refractivity (Wildman–Crippen MR) is 82.8 cm³/mol. The number of hydrogen-bond acceptors (Lipinski definition) is 3. The summed E-state index contributed by atoms with van der Waals surface area (Å²) >= 11 is 12.1. The zero-order valence-corrected chi connectivity index (χ0v) is 13.3. The number of para-hydroxylation sites is 1. The van der Waals surface area contributed by atoms with Crippen molar-refractivity contribution in [2.45, 2.75) is 26.9 Å². The second-order valence-electron chi connectivity index (χ2n) is 3.97. The van der Waals surface area contributed by atoms with Crippen molar-refractivity contribution in [1.82, 2.24) is 4.90 Å². The molecule has 0 radical (unpaired) electrons. The van der Waals surface area contributed by atoms with Crippen molar-refractivity contribution in [3.63, 3.8) is 0 Å². The highest BCUT2D eigenvalue weighted by atomic mass is 35.5. The zero-order valence-electron chi connectivity index (χ0n) is 11.8. The molecule has 3 nitrogen and oxygen atoms in total. The molecule has 0 amide bonds. The van der Waals surface area contributed by atoms with Gasteiger partial charge in [-0.2, -0.15) is 0 Å². The molecule has 106 valence electrons. The Kier molecular flexibility index (Phi) is 6.46. The van der Waals surface area contributed by atoms with Crippen LogP contribution in [0.25, 0.3) is 0 Å². The Hall–Kier alpha value is -0.930. The Morgan fingerprint density at radius 1 is 1.26 bits per heavy atom. The maximum atomic E-state index is 6.05. The van der Waals surface area contributed by atoms with E-state index in [1.54, 1.807) is 18.2 Å². The lowest BCUT2D eigenvalue weighted by molar-refractivity contribution is 0.272. The van der Waals surface area contributed by atoms with E-state index in [4.69, 9.17) is 27.9 Å².